The van der Waals surface area contributed by atoms with Crippen molar-refractivity contribution in [3.05, 3.63) is 65.7 Å². The molecule has 0 saturated heterocycles. The van der Waals surface area contributed by atoms with E-state index in [-0.39, 0.29) is 18.1 Å². The number of nitrogens with two attached hydrogens (primary N) is 1. The lowest BCUT2D eigenvalue weighted by Crippen LogP contribution is -2.22. The molecule has 21 heavy (non-hydrogen) atoms. The van der Waals surface area contributed by atoms with Gasteiger partial charge in [0.2, 0.25) is 0 Å². The number of alkyl halides is 3. The first kappa shape index (κ1) is 14.9. The summed E-state index contributed by atoms with van der Waals surface area (Å²) in [7, 11) is 0. The van der Waals surface area contributed by atoms with Crippen LogP contribution in [0.15, 0.2) is 59.6 Å². The number of hydrogen-bond acceptors (Lipinski definition) is 1. The van der Waals surface area contributed by atoms with Crippen molar-refractivity contribution in [2.24, 2.45) is 10.7 Å². The van der Waals surface area contributed by atoms with Gasteiger partial charge in [0.05, 0.1) is 12.1 Å². The highest BCUT2D eigenvalue weighted by atomic mass is 19.4. The van der Waals surface area contributed by atoms with Gasteiger partial charge in [-0.1, -0.05) is 36.4 Å². The van der Waals surface area contributed by atoms with E-state index in [9.17, 15) is 13.2 Å². The van der Waals surface area contributed by atoms with Crippen LogP contribution >= 0.6 is 0 Å². The third-order valence-electron chi connectivity index (χ3n) is 2.79. The Balaban J connectivity index is 2.10. The largest absolute Gasteiger partial charge is 0.416 e. The van der Waals surface area contributed by atoms with Gasteiger partial charge in [0.1, 0.15) is 0 Å². The Labute approximate surface area is 120 Å². The van der Waals surface area contributed by atoms with Crippen molar-refractivity contribution in [2.75, 3.05) is 5.32 Å². The zero-order valence-electron chi connectivity index (χ0n) is 11.1. The molecule has 2 aromatic rings. The molecule has 0 bridgehead atoms. The van der Waals surface area contributed by atoms with E-state index in [1.807, 2.05) is 18.2 Å². The van der Waals surface area contributed by atoms with Crippen LogP contribution in [0, 0.1) is 0 Å². The molecule has 3 N–H and O–H groups in total. The van der Waals surface area contributed by atoms with Crippen LogP contribution in [0.5, 0.6) is 0 Å². The lowest BCUT2D eigenvalue weighted by atomic mass is 10.1. The maximum atomic E-state index is 12.8. The van der Waals surface area contributed by atoms with E-state index in [1.165, 1.54) is 12.1 Å². The van der Waals surface area contributed by atoms with Gasteiger partial charge >= 0.3 is 6.18 Å². The number of nitrogens with one attached hydrogen (secondary N) is 1. The van der Waals surface area contributed by atoms with Gasteiger partial charge in [-0.2, -0.15) is 13.2 Å². The van der Waals surface area contributed by atoms with E-state index >= 15 is 0 Å². The predicted octanol–water partition coefficient (Wildman–Crippen LogP) is 3.63. The van der Waals surface area contributed by atoms with Crippen molar-refractivity contribution in [1.29, 1.82) is 0 Å². The smallest absolute Gasteiger partial charge is 0.370 e. The second-order valence-corrected chi connectivity index (χ2v) is 4.35. The Morgan fingerprint density at radius 1 is 1.00 bits per heavy atom. The van der Waals surface area contributed by atoms with Crippen LogP contribution < -0.4 is 11.1 Å². The summed E-state index contributed by atoms with van der Waals surface area (Å²) in [5.74, 6) is 0.0678. The van der Waals surface area contributed by atoms with Gasteiger partial charge in [-0.3, -0.25) is 0 Å². The molecule has 0 aliphatic rings. The molecule has 0 spiro atoms. The lowest BCUT2D eigenvalue weighted by Gasteiger charge is -2.11. The third kappa shape index (κ3) is 4.24. The summed E-state index contributed by atoms with van der Waals surface area (Å²) in [4.78, 5) is 3.95. The van der Waals surface area contributed by atoms with Crippen LogP contribution in [-0.2, 0) is 12.7 Å². The van der Waals surface area contributed by atoms with Gasteiger partial charge in [0.15, 0.2) is 5.96 Å². The molecule has 0 atom stereocenters. The second-order valence-electron chi connectivity index (χ2n) is 4.35. The molecule has 2 aromatic carbocycles. The molecule has 0 unspecified atom stereocenters. The van der Waals surface area contributed by atoms with Crippen molar-refractivity contribution in [3.8, 4) is 0 Å². The van der Waals surface area contributed by atoms with E-state index in [2.05, 4.69) is 10.3 Å². The summed E-state index contributed by atoms with van der Waals surface area (Å²) >= 11 is 0. The molecule has 0 aliphatic heterocycles. The highest BCUT2D eigenvalue weighted by Gasteiger charge is 2.32. The lowest BCUT2D eigenvalue weighted by molar-refractivity contribution is -0.138. The van der Waals surface area contributed by atoms with Crippen molar-refractivity contribution in [3.63, 3.8) is 0 Å². The SMILES string of the molecule is NC(=NCc1ccccc1C(F)(F)F)Nc1ccccc1. The average molecular weight is 293 g/mol. The molecule has 0 saturated carbocycles. The van der Waals surface area contributed by atoms with Crippen LogP contribution in [0.3, 0.4) is 0 Å². The average Bonchev–Trinajstić information content (AvgIpc) is 2.45. The minimum Gasteiger partial charge on any atom is -0.370 e. The summed E-state index contributed by atoms with van der Waals surface area (Å²) in [5, 5.41) is 2.82. The molecule has 0 aliphatic carbocycles. The van der Waals surface area contributed by atoms with Crippen LogP contribution in [-0.4, -0.2) is 5.96 Å². The van der Waals surface area contributed by atoms with Crippen molar-refractivity contribution in [2.45, 2.75) is 12.7 Å². The molecule has 0 amide bonds. The number of para-hydroxylation sites is 1. The van der Waals surface area contributed by atoms with Gasteiger partial charge in [-0.15, -0.1) is 0 Å². The monoisotopic (exact) mass is 293 g/mol. The maximum Gasteiger partial charge on any atom is 0.416 e. The Morgan fingerprint density at radius 2 is 1.62 bits per heavy atom. The number of aliphatic imine (C=N–C) groups is 1. The summed E-state index contributed by atoms with van der Waals surface area (Å²) in [5.41, 5.74) is 5.79. The molecule has 0 aromatic heterocycles. The van der Waals surface area contributed by atoms with Crippen LogP contribution in [0.4, 0.5) is 18.9 Å². The van der Waals surface area contributed by atoms with Crippen molar-refractivity contribution >= 4 is 11.6 Å². The van der Waals surface area contributed by atoms with Crippen molar-refractivity contribution < 1.29 is 13.2 Å². The molecule has 0 heterocycles. The molecule has 110 valence electrons. The third-order valence-corrected chi connectivity index (χ3v) is 2.79. The number of benzene rings is 2. The number of hydrogen-bond donors (Lipinski definition) is 2. The summed E-state index contributed by atoms with van der Waals surface area (Å²) in [6, 6.07) is 14.4. The van der Waals surface area contributed by atoms with Crippen LogP contribution in [0.2, 0.25) is 0 Å². The van der Waals surface area contributed by atoms with Crippen LogP contribution in [0.25, 0.3) is 0 Å². The molecule has 2 rings (SSSR count). The molecule has 0 fully saturated rings. The summed E-state index contributed by atoms with van der Waals surface area (Å²) in [6.07, 6.45) is -4.40. The van der Waals surface area contributed by atoms with Gasteiger partial charge in [-0.25, -0.2) is 4.99 Å². The Hall–Kier alpha value is -2.50. The number of rotatable bonds is 3. The van der Waals surface area contributed by atoms with E-state index < -0.39 is 11.7 Å². The number of guanidine groups is 1. The predicted molar refractivity (Wildman–Crippen MR) is 76.8 cm³/mol. The highest BCUT2D eigenvalue weighted by Crippen LogP contribution is 2.32. The first-order valence-corrected chi connectivity index (χ1v) is 6.24. The van der Waals surface area contributed by atoms with Gasteiger partial charge < -0.3 is 11.1 Å². The van der Waals surface area contributed by atoms with E-state index in [0.717, 1.165) is 11.8 Å². The number of nitrogens with zero attached hydrogens (tertiary/aromatic N) is 1. The highest BCUT2D eigenvalue weighted by molar-refractivity contribution is 5.92. The fraction of sp³-hybridized carbons (Fsp3) is 0.133. The standard InChI is InChI=1S/C15H14F3N3/c16-15(17,18)13-9-5-4-6-11(13)10-20-14(19)21-12-7-2-1-3-8-12/h1-9H,10H2,(H3,19,20,21). The normalized spacial score (nSPS) is 12.2. The van der Waals surface area contributed by atoms with E-state index in [0.29, 0.717) is 0 Å². The quantitative estimate of drug-likeness (QED) is 0.670. The Kier molecular flexibility index (Phi) is 4.47. The van der Waals surface area contributed by atoms with Crippen molar-refractivity contribution in [1.82, 2.24) is 0 Å². The second kappa shape index (κ2) is 6.30. The topological polar surface area (TPSA) is 50.4 Å². The summed E-state index contributed by atoms with van der Waals surface area (Å²) in [6.45, 7) is -0.138. The zero-order chi connectivity index (χ0) is 15.3. The maximum absolute atomic E-state index is 12.8. The van der Waals surface area contributed by atoms with Crippen LogP contribution in [0.1, 0.15) is 11.1 Å². The summed E-state index contributed by atoms with van der Waals surface area (Å²) < 4.78 is 38.5. The molecular formula is C15H14F3N3. The Morgan fingerprint density at radius 3 is 2.29 bits per heavy atom. The number of halogens is 3. The first-order chi connectivity index (χ1) is 9.97. The molecule has 3 nitrogen and oxygen atoms in total. The van der Waals surface area contributed by atoms with Gasteiger partial charge in [0, 0.05) is 5.69 Å². The fourth-order valence-electron chi connectivity index (χ4n) is 1.81. The van der Waals surface area contributed by atoms with E-state index in [4.69, 9.17) is 5.73 Å². The van der Waals surface area contributed by atoms with Gasteiger partial charge in [0.25, 0.3) is 0 Å². The fourth-order valence-corrected chi connectivity index (χ4v) is 1.81. The molecule has 6 heteroatoms. The minimum atomic E-state index is -4.40. The van der Waals surface area contributed by atoms with E-state index in [1.54, 1.807) is 18.2 Å². The zero-order valence-corrected chi connectivity index (χ0v) is 11.1. The first-order valence-electron chi connectivity index (χ1n) is 6.24. The molecule has 0 radical (unpaired) electrons. The van der Waals surface area contributed by atoms with Gasteiger partial charge in [-0.05, 0) is 23.8 Å². The number of anilines is 1. The Bertz CT molecular complexity index is 622. The molecular weight excluding hydrogens is 279 g/mol. The minimum absolute atomic E-state index is 0.0678.